The molecule has 0 unspecified atom stereocenters. The smallest absolute Gasteiger partial charge is 0.153 e. The predicted octanol–water partition coefficient (Wildman–Crippen LogP) is 3.56. The maximum atomic E-state index is 11.7. The summed E-state index contributed by atoms with van der Waals surface area (Å²) in [5.41, 5.74) is 0.769. The SMILES string of the molecule is C[C@@H](NCC(C)(C)S(C)(=O)=O)c1cc2cc(Cl)ccc2o1. The molecule has 0 saturated carbocycles. The van der Waals surface area contributed by atoms with Gasteiger partial charge in [-0.15, -0.1) is 0 Å². The number of fused-ring (bicyclic) bond motifs is 1. The van der Waals surface area contributed by atoms with Crippen molar-refractivity contribution in [2.45, 2.75) is 31.6 Å². The summed E-state index contributed by atoms with van der Waals surface area (Å²) in [4.78, 5) is 0. The first-order valence-electron chi connectivity index (χ1n) is 6.72. The van der Waals surface area contributed by atoms with E-state index in [1.807, 2.05) is 25.1 Å². The van der Waals surface area contributed by atoms with Gasteiger partial charge in [0.25, 0.3) is 0 Å². The molecule has 0 bridgehead atoms. The fraction of sp³-hybridized carbons (Fsp3) is 0.467. The molecule has 1 aromatic heterocycles. The number of hydrogen-bond acceptors (Lipinski definition) is 4. The highest BCUT2D eigenvalue weighted by Gasteiger charge is 2.30. The summed E-state index contributed by atoms with van der Waals surface area (Å²) in [6, 6.07) is 7.29. The molecule has 0 aliphatic rings. The largest absolute Gasteiger partial charge is 0.459 e. The minimum Gasteiger partial charge on any atom is -0.459 e. The first-order valence-corrected chi connectivity index (χ1v) is 8.99. The number of furan rings is 1. The van der Waals surface area contributed by atoms with E-state index in [0.717, 1.165) is 16.7 Å². The van der Waals surface area contributed by atoms with Crippen molar-refractivity contribution < 1.29 is 12.8 Å². The first-order chi connectivity index (χ1) is 9.60. The Balaban J connectivity index is 2.14. The van der Waals surface area contributed by atoms with Gasteiger partial charge in [-0.05, 0) is 45.0 Å². The lowest BCUT2D eigenvalue weighted by Gasteiger charge is -2.24. The van der Waals surface area contributed by atoms with Gasteiger partial charge in [0, 0.05) is 23.2 Å². The van der Waals surface area contributed by atoms with E-state index in [2.05, 4.69) is 5.32 Å². The number of hydrogen-bond donors (Lipinski definition) is 1. The molecule has 0 saturated heterocycles. The Morgan fingerprint density at radius 3 is 2.62 bits per heavy atom. The molecule has 0 amide bonds. The van der Waals surface area contributed by atoms with E-state index in [9.17, 15) is 8.42 Å². The second-order valence-corrected chi connectivity index (χ2v) is 9.05. The average Bonchev–Trinajstić information content (AvgIpc) is 2.77. The Kier molecular flexibility index (Phi) is 4.38. The minimum absolute atomic E-state index is 0.0859. The average molecular weight is 330 g/mol. The maximum Gasteiger partial charge on any atom is 0.153 e. The molecule has 0 aliphatic carbocycles. The van der Waals surface area contributed by atoms with Gasteiger partial charge in [0.1, 0.15) is 11.3 Å². The van der Waals surface area contributed by atoms with E-state index >= 15 is 0 Å². The van der Waals surface area contributed by atoms with Crippen LogP contribution in [0.2, 0.25) is 5.02 Å². The van der Waals surface area contributed by atoms with Gasteiger partial charge < -0.3 is 9.73 Å². The fourth-order valence-electron chi connectivity index (χ4n) is 1.88. The van der Waals surface area contributed by atoms with Crippen molar-refractivity contribution in [2.75, 3.05) is 12.8 Å². The van der Waals surface area contributed by atoms with E-state index in [1.165, 1.54) is 6.26 Å². The molecule has 0 aliphatic heterocycles. The van der Waals surface area contributed by atoms with Crippen LogP contribution in [-0.4, -0.2) is 26.0 Å². The highest BCUT2D eigenvalue weighted by Crippen LogP contribution is 2.26. The molecule has 4 nitrogen and oxygen atoms in total. The number of nitrogens with one attached hydrogen (secondary N) is 1. The van der Waals surface area contributed by atoms with Crippen molar-refractivity contribution in [2.24, 2.45) is 0 Å². The van der Waals surface area contributed by atoms with Gasteiger partial charge in [-0.25, -0.2) is 8.42 Å². The van der Waals surface area contributed by atoms with E-state index in [4.69, 9.17) is 16.0 Å². The number of benzene rings is 1. The number of sulfone groups is 1. The molecule has 2 aromatic rings. The second-order valence-electron chi connectivity index (χ2n) is 5.97. The Bertz CT molecular complexity index is 749. The zero-order valence-electron chi connectivity index (χ0n) is 12.6. The second kappa shape index (κ2) is 5.63. The van der Waals surface area contributed by atoms with Crippen LogP contribution < -0.4 is 5.32 Å². The quantitative estimate of drug-likeness (QED) is 0.911. The summed E-state index contributed by atoms with van der Waals surface area (Å²) in [6.45, 7) is 5.71. The van der Waals surface area contributed by atoms with Gasteiger partial charge in [-0.3, -0.25) is 0 Å². The summed E-state index contributed by atoms with van der Waals surface area (Å²) < 4.78 is 28.3. The molecule has 0 spiro atoms. The molecule has 21 heavy (non-hydrogen) atoms. The summed E-state index contributed by atoms with van der Waals surface area (Å²) >= 11 is 5.95. The monoisotopic (exact) mass is 329 g/mol. The molecule has 1 N–H and O–H groups in total. The van der Waals surface area contributed by atoms with Crippen molar-refractivity contribution in [3.63, 3.8) is 0 Å². The van der Waals surface area contributed by atoms with Crippen LogP contribution in [0.3, 0.4) is 0 Å². The third-order valence-corrected chi connectivity index (χ3v) is 6.15. The van der Waals surface area contributed by atoms with Crippen LogP contribution in [0.4, 0.5) is 0 Å². The first kappa shape index (κ1) is 16.3. The molecule has 1 heterocycles. The molecular weight excluding hydrogens is 310 g/mol. The molecule has 1 aromatic carbocycles. The van der Waals surface area contributed by atoms with E-state index in [0.29, 0.717) is 11.6 Å². The van der Waals surface area contributed by atoms with Gasteiger partial charge in [-0.1, -0.05) is 11.6 Å². The van der Waals surface area contributed by atoms with Gasteiger partial charge in [0.2, 0.25) is 0 Å². The third-order valence-electron chi connectivity index (χ3n) is 3.76. The lowest BCUT2D eigenvalue weighted by Crippen LogP contribution is -2.42. The van der Waals surface area contributed by atoms with Crippen LogP contribution >= 0.6 is 11.6 Å². The van der Waals surface area contributed by atoms with Gasteiger partial charge in [0.05, 0.1) is 10.8 Å². The summed E-state index contributed by atoms with van der Waals surface area (Å²) in [6.07, 6.45) is 1.25. The normalized spacial score (nSPS) is 14.5. The Labute approximate surface area is 130 Å². The van der Waals surface area contributed by atoms with Crippen molar-refractivity contribution in [1.29, 1.82) is 0 Å². The predicted molar refractivity (Wildman–Crippen MR) is 86.6 cm³/mol. The zero-order chi connectivity index (χ0) is 15.8. The van der Waals surface area contributed by atoms with Gasteiger partial charge in [0.15, 0.2) is 9.84 Å². The number of halogens is 1. The van der Waals surface area contributed by atoms with Crippen LogP contribution in [0.1, 0.15) is 32.6 Å². The fourth-order valence-corrected chi connectivity index (χ4v) is 2.40. The molecule has 0 fully saturated rings. The summed E-state index contributed by atoms with van der Waals surface area (Å²) in [5.74, 6) is 0.761. The van der Waals surface area contributed by atoms with Crippen molar-refractivity contribution in [3.05, 3.63) is 35.0 Å². The van der Waals surface area contributed by atoms with Crippen LogP contribution in [0.25, 0.3) is 11.0 Å². The molecule has 2 rings (SSSR count). The Hall–Kier alpha value is -1.04. The summed E-state index contributed by atoms with van der Waals surface area (Å²) in [5, 5.41) is 4.81. The standard InChI is InChI=1S/C15H20ClNO3S/c1-10(17-9-15(2,3)21(4,18)19)14-8-11-7-12(16)5-6-13(11)20-14/h5-8,10,17H,9H2,1-4H3/t10-/m1/s1. The summed E-state index contributed by atoms with van der Waals surface area (Å²) in [7, 11) is -3.12. The Morgan fingerprint density at radius 1 is 1.33 bits per heavy atom. The molecule has 116 valence electrons. The van der Waals surface area contributed by atoms with Gasteiger partial charge >= 0.3 is 0 Å². The molecular formula is C15H20ClNO3S. The minimum atomic E-state index is -3.12. The highest BCUT2D eigenvalue weighted by molar-refractivity contribution is 7.92. The zero-order valence-corrected chi connectivity index (χ0v) is 14.2. The molecule has 1 atom stereocenters. The van der Waals surface area contributed by atoms with Crippen LogP contribution in [0.15, 0.2) is 28.7 Å². The van der Waals surface area contributed by atoms with Crippen LogP contribution in [0.5, 0.6) is 0 Å². The maximum absolute atomic E-state index is 11.7. The lowest BCUT2D eigenvalue weighted by molar-refractivity contribution is 0.428. The molecule has 0 radical (unpaired) electrons. The van der Waals surface area contributed by atoms with Gasteiger partial charge in [-0.2, -0.15) is 0 Å². The topological polar surface area (TPSA) is 59.3 Å². The lowest BCUT2D eigenvalue weighted by atomic mass is 10.1. The third kappa shape index (κ3) is 3.59. The van der Waals surface area contributed by atoms with Crippen LogP contribution in [0, 0.1) is 0 Å². The number of rotatable bonds is 5. The van der Waals surface area contributed by atoms with E-state index in [1.54, 1.807) is 19.9 Å². The highest BCUT2D eigenvalue weighted by atomic mass is 35.5. The van der Waals surface area contributed by atoms with Crippen LogP contribution in [-0.2, 0) is 9.84 Å². The van der Waals surface area contributed by atoms with Crippen molar-refractivity contribution in [1.82, 2.24) is 5.32 Å². The van der Waals surface area contributed by atoms with E-state index in [-0.39, 0.29) is 6.04 Å². The Morgan fingerprint density at radius 2 is 2.00 bits per heavy atom. The van der Waals surface area contributed by atoms with Crippen molar-refractivity contribution in [3.8, 4) is 0 Å². The van der Waals surface area contributed by atoms with Crippen molar-refractivity contribution >= 4 is 32.4 Å². The molecule has 6 heteroatoms. The van der Waals surface area contributed by atoms with E-state index < -0.39 is 14.6 Å².